The van der Waals surface area contributed by atoms with Gasteiger partial charge >= 0.3 is 0 Å². The molecule has 162 valence electrons. The number of para-hydroxylation sites is 1. The van der Waals surface area contributed by atoms with Crippen molar-refractivity contribution >= 4 is 27.5 Å². The standard InChI is InChI=1S/C22H22BrN3O5/c1-30-17-10-12(14(23)11-18(17)31-2)19-16-8-5-9-25(16)22(20(19)26(28)29)13-6-3-4-7-15(13)24-21(22)27/h3-4,6-7,10-11,16,19-20H,5,8-9H2,1-2H3,(H,24,27)/t16-,19+,20+,22+/m0/s1. The van der Waals surface area contributed by atoms with Gasteiger partial charge in [0.15, 0.2) is 17.0 Å². The summed E-state index contributed by atoms with van der Waals surface area (Å²) in [7, 11) is 3.09. The van der Waals surface area contributed by atoms with Crippen molar-refractivity contribution in [1.29, 1.82) is 0 Å². The molecule has 0 bridgehead atoms. The van der Waals surface area contributed by atoms with Crippen molar-refractivity contribution in [3.8, 4) is 11.5 Å². The topological polar surface area (TPSA) is 93.9 Å². The van der Waals surface area contributed by atoms with Crippen LogP contribution in [0.25, 0.3) is 0 Å². The molecule has 3 aliphatic rings. The smallest absolute Gasteiger partial charge is 0.256 e. The molecule has 2 saturated heterocycles. The Bertz CT molecular complexity index is 1090. The lowest BCUT2D eigenvalue weighted by Gasteiger charge is -2.32. The molecule has 1 amide bonds. The first-order valence-corrected chi connectivity index (χ1v) is 11.0. The summed E-state index contributed by atoms with van der Waals surface area (Å²) in [6.07, 6.45) is 1.67. The predicted octanol–water partition coefficient (Wildman–Crippen LogP) is 3.52. The number of carbonyl (C=O) groups excluding carboxylic acids is 1. The Morgan fingerprint density at radius 1 is 1.23 bits per heavy atom. The molecule has 2 fully saturated rings. The molecule has 0 aliphatic carbocycles. The van der Waals surface area contributed by atoms with Crippen LogP contribution in [0.2, 0.25) is 0 Å². The zero-order valence-corrected chi connectivity index (χ0v) is 18.7. The van der Waals surface area contributed by atoms with Gasteiger partial charge in [0.05, 0.1) is 20.1 Å². The summed E-state index contributed by atoms with van der Waals surface area (Å²) in [6, 6.07) is 9.61. The number of anilines is 1. The Morgan fingerprint density at radius 3 is 2.65 bits per heavy atom. The third-order valence-corrected chi connectivity index (χ3v) is 7.64. The van der Waals surface area contributed by atoms with Gasteiger partial charge in [0, 0.05) is 33.2 Å². The fraction of sp³-hybridized carbons (Fsp3) is 0.409. The number of ether oxygens (including phenoxy) is 2. The number of nitrogens with zero attached hydrogens (tertiary/aromatic N) is 2. The molecule has 3 heterocycles. The van der Waals surface area contributed by atoms with Crippen LogP contribution < -0.4 is 14.8 Å². The van der Waals surface area contributed by atoms with E-state index in [0.29, 0.717) is 33.8 Å². The number of nitro groups is 1. The summed E-state index contributed by atoms with van der Waals surface area (Å²) in [6.45, 7) is 0.637. The van der Waals surface area contributed by atoms with Crippen molar-refractivity contribution in [3.63, 3.8) is 0 Å². The first kappa shape index (κ1) is 20.3. The van der Waals surface area contributed by atoms with Crippen LogP contribution >= 0.6 is 15.9 Å². The van der Waals surface area contributed by atoms with Gasteiger partial charge in [0.2, 0.25) is 0 Å². The van der Waals surface area contributed by atoms with Crippen molar-refractivity contribution in [3.05, 3.63) is 62.1 Å². The molecular weight excluding hydrogens is 466 g/mol. The zero-order chi connectivity index (χ0) is 21.9. The van der Waals surface area contributed by atoms with Crippen LogP contribution in [-0.2, 0) is 10.3 Å². The number of fused-ring (bicyclic) bond motifs is 4. The third kappa shape index (κ3) is 2.59. The fourth-order valence-corrected chi connectivity index (χ4v) is 6.46. The van der Waals surface area contributed by atoms with Crippen LogP contribution in [0.1, 0.15) is 29.9 Å². The molecule has 9 heteroatoms. The number of halogens is 1. The molecule has 3 aliphatic heterocycles. The second-order valence-electron chi connectivity index (χ2n) is 8.15. The fourth-order valence-electron chi connectivity index (χ4n) is 5.87. The summed E-state index contributed by atoms with van der Waals surface area (Å²) >= 11 is 3.60. The van der Waals surface area contributed by atoms with Crippen LogP contribution in [0.5, 0.6) is 11.5 Å². The molecule has 0 saturated carbocycles. The van der Waals surface area contributed by atoms with Crippen LogP contribution in [0.3, 0.4) is 0 Å². The quantitative estimate of drug-likeness (QED) is 0.523. The van der Waals surface area contributed by atoms with Crippen molar-refractivity contribution in [2.75, 3.05) is 26.1 Å². The highest BCUT2D eigenvalue weighted by Crippen LogP contribution is 2.59. The second kappa shape index (κ2) is 7.20. The van der Waals surface area contributed by atoms with Gasteiger partial charge in [0.25, 0.3) is 11.9 Å². The van der Waals surface area contributed by atoms with Gasteiger partial charge in [-0.3, -0.25) is 19.8 Å². The van der Waals surface area contributed by atoms with Crippen LogP contribution in [0.15, 0.2) is 40.9 Å². The van der Waals surface area contributed by atoms with Crippen molar-refractivity contribution in [2.24, 2.45) is 0 Å². The minimum absolute atomic E-state index is 0.137. The SMILES string of the molecule is COc1cc(Br)c([C@@H]2[C@@H]3CCCN3[C@@]3(C(=O)Nc4ccccc43)[C@@H]2[N+](=O)[O-])cc1OC. The molecule has 31 heavy (non-hydrogen) atoms. The molecule has 2 aromatic rings. The molecule has 1 spiro atoms. The first-order valence-electron chi connectivity index (χ1n) is 10.2. The number of nitrogens with one attached hydrogen (secondary N) is 1. The summed E-state index contributed by atoms with van der Waals surface area (Å²) in [5, 5.41) is 15.6. The molecule has 1 N–H and O–H groups in total. The highest BCUT2D eigenvalue weighted by atomic mass is 79.9. The van der Waals surface area contributed by atoms with E-state index < -0.39 is 17.5 Å². The highest BCUT2D eigenvalue weighted by Gasteiger charge is 2.73. The van der Waals surface area contributed by atoms with E-state index in [9.17, 15) is 14.9 Å². The largest absolute Gasteiger partial charge is 0.493 e. The van der Waals surface area contributed by atoms with Crippen LogP contribution in [-0.4, -0.2) is 48.6 Å². The molecular formula is C22H22BrN3O5. The minimum Gasteiger partial charge on any atom is -0.493 e. The first-order chi connectivity index (χ1) is 14.9. The summed E-state index contributed by atoms with van der Waals surface area (Å²) < 4.78 is 11.6. The Labute approximate surface area is 187 Å². The highest BCUT2D eigenvalue weighted by molar-refractivity contribution is 9.10. The van der Waals surface area contributed by atoms with Gasteiger partial charge in [-0.1, -0.05) is 34.1 Å². The lowest BCUT2D eigenvalue weighted by atomic mass is 9.77. The van der Waals surface area contributed by atoms with E-state index in [-0.39, 0.29) is 16.9 Å². The van der Waals surface area contributed by atoms with Crippen LogP contribution in [0, 0.1) is 10.1 Å². The van der Waals surface area contributed by atoms with Gasteiger partial charge in [-0.2, -0.15) is 0 Å². The zero-order valence-electron chi connectivity index (χ0n) is 17.1. The average molecular weight is 488 g/mol. The lowest BCUT2D eigenvalue weighted by Crippen LogP contribution is -2.55. The number of methoxy groups -OCH3 is 2. The maximum absolute atomic E-state index is 13.5. The second-order valence-corrected chi connectivity index (χ2v) is 9.01. The van der Waals surface area contributed by atoms with Crippen molar-refractivity contribution in [2.45, 2.75) is 36.4 Å². The maximum Gasteiger partial charge on any atom is 0.256 e. The van der Waals surface area contributed by atoms with Gasteiger partial charge in [-0.25, -0.2) is 0 Å². The molecule has 0 aromatic heterocycles. The summed E-state index contributed by atoms with van der Waals surface area (Å²) in [5.41, 5.74) is 0.758. The normalized spacial score (nSPS) is 29.0. The Morgan fingerprint density at radius 2 is 1.94 bits per heavy atom. The van der Waals surface area contributed by atoms with E-state index in [1.165, 1.54) is 0 Å². The number of rotatable bonds is 4. The van der Waals surface area contributed by atoms with Gasteiger partial charge in [0.1, 0.15) is 0 Å². The summed E-state index contributed by atoms with van der Waals surface area (Å²) in [4.78, 5) is 27.9. The van der Waals surface area contributed by atoms with Gasteiger partial charge in [-0.05, 0) is 36.6 Å². The number of benzene rings is 2. The van der Waals surface area contributed by atoms with E-state index in [2.05, 4.69) is 26.1 Å². The maximum atomic E-state index is 13.5. The average Bonchev–Trinajstić information content (AvgIpc) is 3.41. The van der Waals surface area contributed by atoms with Crippen LogP contribution in [0.4, 0.5) is 5.69 Å². The Kier molecular flexibility index (Phi) is 4.71. The van der Waals surface area contributed by atoms with E-state index in [4.69, 9.17) is 9.47 Å². The van der Waals surface area contributed by atoms with E-state index in [0.717, 1.165) is 18.4 Å². The van der Waals surface area contributed by atoms with Gasteiger partial charge < -0.3 is 14.8 Å². The van der Waals surface area contributed by atoms with Gasteiger partial charge in [-0.15, -0.1) is 0 Å². The summed E-state index contributed by atoms with van der Waals surface area (Å²) in [5.74, 6) is 0.227. The molecule has 2 aromatic carbocycles. The van der Waals surface area contributed by atoms with Crippen molar-refractivity contribution in [1.82, 2.24) is 4.90 Å². The predicted molar refractivity (Wildman–Crippen MR) is 117 cm³/mol. The Hall–Kier alpha value is -2.65. The lowest BCUT2D eigenvalue weighted by molar-refractivity contribution is -0.534. The molecule has 0 unspecified atom stereocenters. The monoisotopic (exact) mass is 487 g/mol. The molecule has 8 nitrogen and oxygen atoms in total. The van der Waals surface area contributed by atoms with Crippen molar-refractivity contribution < 1.29 is 19.2 Å². The van der Waals surface area contributed by atoms with E-state index in [1.807, 2.05) is 24.3 Å². The Balaban J connectivity index is 1.76. The van der Waals surface area contributed by atoms with E-state index in [1.54, 1.807) is 26.4 Å². The number of amides is 1. The minimum atomic E-state index is -1.33. The molecule has 5 rings (SSSR count). The number of hydrogen-bond acceptors (Lipinski definition) is 6. The molecule has 4 atom stereocenters. The number of hydrogen-bond donors (Lipinski definition) is 1. The van der Waals surface area contributed by atoms with E-state index >= 15 is 0 Å². The number of carbonyl (C=O) groups is 1. The molecule has 0 radical (unpaired) electrons. The third-order valence-electron chi connectivity index (χ3n) is 6.96.